The minimum absolute atomic E-state index is 0.316. The largest absolute Gasteiger partial charge is 0.497 e. The Balaban J connectivity index is 2.17. The summed E-state index contributed by atoms with van der Waals surface area (Å²) < 4.78 is 9.97. The van der Waals surface area contributed by atoms with E-state index in [1.54, 1.807) is 31.4 Å². The van der Waals surface area contributed by atoms with Gasteiger partial charge in [0.15, 0.2) is 0 Å². The lowest BCUT2D eigenvalue weighted by atomic mass is 9.87. The van der Waals surface area contributed by atoms with Crippen LogP contribution < -0.4 is 15.4 Å². The van der Waals surface area contributed by atoms with E-state index in [0.29, 0.717) is 30.9 Å². The highest BCUT2D eigenvalue weighted by molar-refractivity contribution is 6.09. The molecule has 1 atom stereocenters. The fourth-order valence-electron chi connectivity index (χ4n) is 2.78. The molecule has 1 aromatic carbocycles. The average molecular weight is 349 g/mol. The van der Waals surface area contributed by atoms with Gasteiger partial charge in [-0.05, 0) is 24.1 Å². The number of rotatable bonds is 8. The van der Waals surface area contributed by atoms with Crippen molar-refractivity contribution in [2.24, 2.45) is 0 Å². The molecule has 1 saturated heterocycles. The van der Waals surface area contributed by atoms with Crippen LogP contribution in [0.25, 0.3) is 0 Å². The number of carbonyl (C=O) groups excluding carboxylic acids is 3. The number of urea groups is 1. The van der Waals surface area contributed by atoms with Crippen LogP contribution in [0.1, 0.15) is 18.9 Å². The van der Waals surface area contributed by atoms with E-state index in [9.17, 15) is 14.4 Å². The standard InChI is InChI=1S/C17H23N3O5/c1-4-17(12-5-7-13(25-3)8-6-12)15(22)20(16(23)19-17)11-14(21)18-9-10-24-2/h5-8H,4,9-11H2,1-3H3,(H,18,21)(H,19,23)/t17-/m1/s1. The molecule has 0 aromatic heterocycles. The number of ether oxygens (including phenoxy) is 2. The number of benzene rings is 1. The first-order chi connectivity index (χ1) is 12.0. The predicted octanol–water partition coefficient (Wildman–Crippen LogP) is 0.615. The lowest BCUT2D eigenvalue weighted by Crippen LogP contribution is -2.45. The minimum atomic E-state index is -1.17. The summed E-state index contributed by atoms with van der Waals surface area (Å²) in [5.74, 6) is -0.199. The molecule has 25 heavy (non-hydrogen) atoms. The molecule has 2 N–H and O–H groups in total. The maximum absolute atomic E-state index is 12.9. The third-order valence-corrected chi connectivity index (χ3v) is 4.22. The Hall–Kier alpha value is -2.61. The molecule has 1 heterocycles. The molecule has 1 aliphatic rings. The predicted molar refractivity (Wildman–Crippen MR) is 90.1 cm³/mol. The van der Waals surface area contributed by atoms with Gasteiger partial charge >= 0.3 is 6.03 Å². The highest BCUT2D eigenvalue weighted by Crippen LogP contribution is 2.33. The Morgan fingerprint density at radius 2 is 1.92 bits per heavy atom. The molecule has 0 radical (unpaired) electrons. The van der Waals surface area contributed by atoms with Crippen LogP contribution in [0.5, 0.6) is 5.75 Å². The molecule has 0 unspecified atom stereocenters. The van der Waals surface area contributed by atoms with Crippen LogP contribution in [-0.4, -0.2) is 56.7 Å². The van der Waals surface area contributed by atoms with Crippen molar-refractivity contribution in [3.05, 3.63) is 29.8 Å². The number of nitrogens with one attached hydrogen (secondary N) is 2. The first-order valence-electron chi connectivity index (χ1n) is 8.02. The molecule has 1 fully saturated rings. The van der Waals surface area contributed by atoms with Gasteiger partial charge in [-0.15, -0.1) is 0 Å². The van der Waals surface area contributed by atoms with Gasteiger partial charge in [-0.3, -0.25) is 14.5 Å². The SMILES string of the molecule is CC[C@]1(c2ccc(OC)cc2)NC(=O)N(CC(=O)NCCOC)C1=O. The van der Waals surface area contributed by atoms with E-state index >= 15 is 0 Å². The molecule has 8 nitrogen and oxygen atoms in total. The molecule has 0 spiro atoms. The quantitative estimate of drug-likeness (QED) is 0.530. The van der Waals surface area contributed by atoms with Gasteiger partial charge in [-0.25, -0.2) is 4.79 Å². The van der Waals surface area contributed by atoms with Gasteiger partial charge in [-0.2, -0.15) is 0 Å². The first kappa shape index (κ1) is 18.7. The summed E-state index contributed by atoms with van der Waals surface area (Å²) in [7, 11) is 3.07. The molecule has 8 heteroatoms. The number of hydrogen-bond acceptors (Lipinski definition) is 5. The molecule has 1 aliphatic heterocycles. The lowest BCUT2D eigenvalue weighted by molar-refractivity contribution is -0.135. The van der Waals surface area contributed by atoms with Crippen molar-refractivity contribution in [1.82, 2.24) is 15.5 Å². The van der Waals surface area contributed by atoms with Crippen molar-refractivity contribution in [3.8, 4) is 5.75 Å². The highest BCUT2D eigenvalue weighted by Gasteiger charge is 2.51. The van der Waals surface area contributed by atoms with E-state index in [1.807, 2.05) is 6.92 Å². The number of hydrogen-bond donors (Lipinski definition) is 2. The van der Waals surface area contributed by atoms with Crippen molar-refractivity contribution in [2.45, 2.75) is 18.9 Å². The molecule has 4 amide bonds. The van der Waals surface area contributed by atoms with Crippen LogP contribution >= 0.6 is 0 Å². The normalized spacial score (nSPS) is 19.7. The summed E-state index contributed by atoms with van der Waals surface area (Å²) in [5.41, 5.74) is -0.521. The lowest BCUT2D eigenvalue weighted by Gasteiger charge is -2.26. The maximum Gasteiger partial charge on any atom is 0.325 e. The summed E-state index contributed by atoms with van der Waals surface area (Å²) >= 11 is 0. The van der Waals surface area contributed by atoms with Crippen molar-refractivity contribution in [1.29, 1.82) is 0 Å². The Bertz CT molecular complexity index is 646. The summed E-state index contributed by atoms with van der Waals surface area (Å²) in [6.07, 6.45) is 0.367. The Morgan fingerprint density at radius 1 is 1.24 bits per heavy atom. The van der Waals surface area contributed by atoms with E-state index in [4.69, 9.17) is 9.47 Å². The highest BCUT2D eigenvalue weighted by atomic mass is 16.5. The van der Waals surface area contributed by atoms with Crippen molar-refractivity contribution in [2.75, 3.05) is 33.9 Å². The Morgan fingerprint density at radius 3 is 2.48 bits per heavy atom. The average Bonchev–Trinajstić information content (AvgIpc) is 2.87. The van der Waals surface area contributed by atoms with Crippen LogP contribution in [0.4, 0.5) is 4.79 Å². The number of carbonyl (C=O) groups is 3. The molecular weight excluding hydrogens is 326 g/mol. The zero-order valence-corrected chi connectivity index (χ0v) is 14.6. The van der Waals surface area contributed by atoms with Crippen LogP contribution in [0.3, 0.4) is 0 Å². The summed E-state index contributed by atoms with van der Waals surface area (Å²) in [6, 6.07) is 6.36. The van der Waals surface area contributed by atoms with Crippen LogP contribution in [0.15, 0.2) is 24.3 Å². The second kappa shape index (κ2) is 7.98. The van der Waals surface area contributed by atoms with Gasteiger partial charge < -0.3 is 20.1 Å². The van der Waals surface area contributed by atoms with Crippen LogP contribution in [0.2, 0.25) is 0 Å². The van der Waals surface area contributed by atoms with E-state index in [2.05, 4.69) is 10.6 Å². The molecule has 0 bridgehead atoms. The molecular formula is C17H23N3O5. The number of methoxy groups -OCH3 is 2. The fraction of sp³-hybridized carbons (Fsp3) is 0.471. The number of amides is 4. The molecule has 136 valence electrons. The minimum Gasteiger partial charge on any atom is -0.497 e. The van der Waals surface area contributed by atoms with Crippen LogP contribution in [0, 0.1) is 0 Å². The summed E-state index contributed by atoms with van der Waals surface area (Å²) in [6.45, 7) is 2.16. The van der Waals surface area contributed by atoms with E-state index in [-0.39, 0.29) is 6.54 Å². The smallest absolute Gasteiger partial charge is 0.325 e. The van der Waals surface area contributed by atoms with E-state index < -0.39 is 23.4 Å². The monoisotopic (exact) mass is 349 g/mol. The zero-order chi connectivity index (χ0) is 18.4. The molecule has 0 saturated carbocycles. The van der Waals surface area contributed by atoms with Crippen molar-refractivity contribution < 1.29 is 23.9 Å². The first-order valence-corrected chi connectivity index (χ1v) is 8.02. The second-order valence-corrected chi connectivity index (χ2v) is 5.65. The van der Waals surface area contributed by atoms with Crippen molar-refractivity contribution >= 4 is 17.8 Å². The van der Waals surface area contributed by atoms with Crippen molar-refractivity contribution in [3.63, 3.8) is 0 Å². The molecule has 0 aliphatic carbocycles. The summed E-state index contributed by atoms with van der Waals surface area (Å²) in [5, 5.41) is 5.33. The van der Waals surface area contributed by atoms with E-state index in [1.165, 1.54) is 7.11 Å². The topological polar surface area (TPSA) is 97.0 Å². The third-order valence-electron chi connectivity index (χ3n) is 4.22. The second-order valence-electron chi connectivity index (χ2n) is 5.65. The van der Waals surface area contributed by atoms with Gasteiger partial charge in [-0.1, -0.05) is 19.1 Å². The molecule has 2 rings (SSSR count). The van der Waals surface area contributed by atoms with Crippen LogP contribution in [-0.2, 0) is 19.9 Å². The van der Waals surface area contributed by atoms with Gasteiger partial charge in [0.25, 0.3) is 5.91 Å². The third kappa shape index (κ3) is 3.74. The van der Waals surface area contributed by atoms with E-state index in [0.717, 1.165) is 4.90 Å². The van der Waals surface area contributed by atoms with Gasteiger partial charge in [0.05, 0.1) is 13.7 Å². The Kier molecular flexibility index (Phi) is 5.97. The number of imide groups is 1. The maximum atomic E-state index is 12.9. The summed E-state index contributed by atoms with van der Waals surface area (Å²) in [4.78, 5) is 38.0. The Labute approximate surface area is 146 Å². The fourth-order valence-corrected chi connectivity index (χ4v) is 2.78. The van der Waals surface area contributed by atoms with Gasteiger partial charge in [0.1, 0.15) is 17.8 Å². The van der Waals surface area contributed by atoms with Gasteiger partial charge in [0, 0.05) is 13.7 Å². The van der Waals surface area contributed by atoms with Gasteiger partial charge in [0.2, 0.25) is 5.91 Å². The molecule has 1 aromatic rings. The zero-order valence-electron chi connectivity index (χ0n) is 14.6. The number of nitrogens with zero attached hydrogens (tertiary/aromatic N) is 1.